The molecule has 6 heteroatoms. The van der Waals surface area contributed by atoms with Gasteiger partial charge in [-0.2, -0.15) is 0 Å². The molecule has 1 N–H and O–H groups in total. The molecule has 0 bridgehead atoms. The van der Waals surface area contributed by atoms with Gasteiger partial charge in [0.05, 0.1) is 12.2 Å². The van der Waals surface area contributed by atoms with E-state index in [1.807, 2.05) is 24.3 Å². The molecule has 0 atom stereocenters. The van der Waals surface area contributed by atoms with E-state index in [2.05, 4.69) is 15.3 Å². The number of aromatic nitrogens is 2. The highest BCUT2D eigenvalue weighted by atomic mass is 35.5. The summed E-state index contributed by atoms with van der Waals surface area (Å²) in [6.45, 7) is 0.514. The molecule has 1 aromatic carbocycles. The van der Waals surface area contributed by atoms with Crippen molar-refractivity contribution in [3.8, 4) is 0 Å². The summed E-state index contributed by atoms with van der Waals surface area (Å²) in [4.78, 5) is 18.8. The summed E-state index contributed by atoms with van der Waals surface area (Å²) in [6, 6.07) is 7.61. The lowest BCUT2D eigenvalue weighted by Crippen LogP contribution is -2.01. The number of hydrogen-bond acceptors (Lipinski definition) is 5. The third kappa shape index (κ3) is 3.27. The molecule has 98 valence electrons. The molecule has 0 unspecified atom stereocenters. The Morgan fingerprint density at radius 2 is 2.26 bits per heavy atom. The highest BCUT2D eigenvalue weighted by Gasteiger charge is 2.09. The van der Waals surface area contributed by atoms with Crippen LogP contribution in [0.1, 0.15) is 15.9 Å². The van der Waals surface area contributed by atoms with Crippen LogP contribution in [-0.4, -0.2) is 23.4 Å². The number of anilines is 2. The first-order valence-corrected chi connectivity index (χ1v) is 5.93. The largest absolute Gasteiger partial charge is 0.380 e. The molecule has 0 radical (unpaired) electrons. The maximum absolute atomic E-state index is 11.0. The maximum Gasteiger partial charge on any atom is 0.156 e. The van der Waals surface area contributed by atoms with Crippen LogP contribution in [0.15, 0.2) is 30.6 Å². The number of nitrogens with one attached hydrogen (secondary N) is 1. The van der Waals surface area contributed by atoms with E-state index in [-0.39, 0.29) is 10.7 Å². The maximum atomic E-state index is 11.0. The van der Waals surface area contributed by atoms with Gasteiger partial charge in [-0.05, 0) is 17.7 Å². The average molecular weight is 278 g/mol. The minimum Gasteiger partial charge on any atom is -0.380 e. The summed E-state index contributed by atoms with van der Waals surface area (Å²) >= 11 is 5.83. The Balaban J connectivity index is 2.28. The second-order valence-corrected chi connectivity index (χ2v) is 4.16. The molecule has 1 aromatic heterocycles. The van der Waals surface area contributed by atoms with Crippen molar-refractivity contribution >= 4 is 29.4 Å². The molecule has 0 aliphatic carbocycles. The van der Waals surface area contributed by atoms with E-state index < -0.39 is 0 Å². The zero-order valence-corrected chi connectivity index (χ0v) is 11.0. The summed E-state index contributed by atoms with van der Waals surface area (Å²) < 4.78 is 5.07. The minimum atomic E-state index is 0.126. The van der Waals surface area contributed by atoms with Gasteiger partial charge >= 0.3 is 0 Å². The van der Waals surface area contributed by atoms with Crippen molar-refractivity contribution in [1.82, 2.24) is 9.97 Å². The van der Waals surface area contributed by atoms with Crippen LogP contribution in [0.25, 0.3) is 0 Å². The van der Waals surface area contributed by atoms with Gasteiger partial charge in [-0.25, -0.2) is 9.97 Å². The first-order valence-electron chi connectivity index (χ1n) is 5.55. The smallest absolute Gasteiger partial charge is 0.156 e. The van der Waals surface area contributed by atoms with Crippen molar-refractivity contribution in [2.75, 3.05) is 12.4 Å². The van der Waals surface area contributed by atoms with E-state index in [4.69, 9.17) is 16.3 Å². The van der Waals surface area contributed by atoms with Gasteiger partial charge < -0.3 is 10.1 Å². The molecule has 0 aliphatic rings. The fraction of sp³-hybridized carbons (Fsp3) is 0.154. The molecule has 0 fully saturated rings. The quantitative estimate of drug-likeness (QED) is 0.672. The van der Waals surface area contributed by atoms with Crippen LogP contribution in [0.2, 0.25) is 5.15 Å². The van der Waals surface area contributed by atoms with Gasteiger partial charge in [0.2, 0.25) is 0 Å². The summed E-state index contributed by atoms with van der Waals surface area (Å²) in [6.07, 6.45) is 1.93. The number of carbonyl (C=O) groups excluding carboxylic acids is 1. The van der Waals surface area contributed by atoms with E-state index >= 15 is 0 Å². The number of hydrogen-bond donors (Lipinski definition) is 1. The van der Waals surface area contributed by atoms with Gasteiger partial charge in [-0.3, -0.25) is 4.79 Å². The molecule has 2 rings (SSSR count). The monoisotopic (exact) mass is 277 g/mol. The Bertz CT molecular complexity index is 590. The predicted octanol–water partition coefficient (Wildman–Crippen LogP) is 2.83. The van der Waals surface area contributed by atoms with E-state index in [1.54, 1.807) is 7.11 Å². The Kier molecular flexibility index (Phi) is 4.43. The topological polar surface area (TPSA) is 64.1 Å². The van der Waals surface area contributed by atoms with Gasteiger partial charge in [0.15, 0.2) is 6.29 Å². The Labute approximate surface area is 115 Å². The molecule has 0 spiro atoms. The van der Waals surface area contributed by atoms with Crippen LogP contribution in [0.3, 0.4) is 0 Å². The molecular formula is C13H12ClN3O2. The molecule has 19 heavy (non-hydrogen) atoms. The summed E-state index contributed by atoms with van der Waals surface area (Å²) in [7, 11) is 1.63. The zero-order chi connectivity index (χ0) is 13.7. The number of rotatable bonds is 5. The van der Waals surface area contributed by atoms with Crippen LogP contribution in [0, 0.1) is 0 Å². The van der Waals surface area contributed by atoms with Crippen molar-refractivity contribution in [2.24, 2.45) is 0 Å². The van der Waals surface area contributed by atoms with Crippen LogP contribution in [0.5, 0.6) is 0 Å². The summed E-state index contributed by atoms with van der Waals surface area (Å²) in [5.74, 6) is 0.379. The molecule has 5 nitrogen and oxygen atoms in total. The third-order valence-electron chi connectivity index (χ3n) is 2.45. The van der Waals surface area contributed by atoms with Gasteiger partial charge in [-0.15, -0.1) is 0 Å². The molecule has 0 aliphatic heterocycles. The van der Waals surface area contributed by atoms with Crippen molar-refractivity contribution in [3.05, 3.63) is 46.9 Å². The fourth-order valence-corrected chi connectivity index (χ4v) is 1.80. The molecule has 0 amide bonds. The normalized spacial score (nSPS) is 10.2. The lowest BCUT2D eigenvalue weighted by atomic mass is 10.2. The van der Waals surface area contributed by atoms with E-state index in [0.717, 1.165) is 11.3 Å². The van der Waals surface area contributed by atoms with Crippen molar-refractivity contribution in [2.45, 2.75) is 6.61 Å². The molecule has 1 heterocycles. The molecule has 0 saturated carbocycles. The second-order valence-electron chi connectivity index (χ2n) is 3.80. The van der Waals surface area contributed by atoms with Gasteiger partial charge in [0, 0.05) is 12.8 Å². The second kappa shape index (κ2) is 6.26. The Hall–Kier alpha value is -1.98. The summed E-state index contributed by atoms with van der Waals surface area (Å²) in [5.41, 5.74) is 2.05. The Morgan fingerprint density at radius 3 is 3.00 bits per heavy atom. The highest BCUT2D eigenvalue weighted by Crippen LogP contribution is 2.22. The van der Waals surface area contributed by atoms with Gasteiger partial charge in [-0.1, -0.05) is 23.7 Å². The predicted molar refractivity (Wildman–Crippen MR) is 72.9 cm³/mol. The van der Waals surface area contributed by atoms with E-state index in [1.165, 1.54) is 6.33 Å². The van der Waals surface area contributed by atoms with Crippen molar-refractivity contribution < 1.29 is 9.53 Å². The van der Waals surface area contributed by atoms with E-state index in [9.17, 15) is 4.79 Å². The first kappa shape index (κ1) is 13.5. The van der Waals surface area contributed by atoms with Crippen LogP contribution >= 0.6 is 11.6 Å². The molecule has 2 aromatic rings. The molecular weight excluding hydrogens is 266 g/mol. The lowest BCUT2D eigenvalue weighted by Gasteiger charge is -2.09. The third-order valence-corrected chi connectivity index (χ3v) is 2.76. The average Bonchev–Trinajstić information content (AvgIpc) is 2.40. The van der Waals surface area contributed by atoms with E-state index in [0.29, 0.717) is 18.7 Å². The number of halogens is 1. The molecule has 0 saturated heterocycles. The SMILES string of the molecule is COCc1cccc(Nc2ncnc(Cl)c2C=O)c1. The highest BCUT2D eigenvalue weighted by molar-refractivity contribution is 6.32. The zero-order valence-electron chi connectivity index (χ0n) is 10.3. The van der Waals surface area contributed by atoms with Gasteiger partial charge in [0.25, 0.3) is 0 Å². The van der Waals surface area contributed by atoms with Crippen LogP contribution < -0.4 is 5.32 Å². The van der Waals surface area contributed by atoms with Crippen LogP contribution in [0.4, 0.5) is 11.5 Å². The number of nitrogens with zero attached hydrogens (tertiary/aromatic N) is 2. The lowest BCUT2D eigenvalue weighted by molar-refractivity contribution is 0.112. The number of carbonyl (C=O) groups is 1. The number of benzene rings is 1. The Morgan fingerprint density at radius 1 is 1.42 bits per heavy atom. The van der Waals surface area contributed by atoms with Crippen molar-refractivity contribution in [1.29, 1.82) is 0 Å². The van der Waals surface area contributed by atoms with Gasteiger partial charge in [0.1, 0.15) is 17.3 Å². The fourth-order valence-electron chi connectivity index (χ4n) is 1.62. The minimum absolute atomic E-state index is 0.126. The summed E-state index contributed by atoms with van der Waals surface area (Å²) in [5, 5.41) is 3.17. The van der Waals surface area contributed by atoms with Crippen molar-refractivity contribution in [3.63, 3.8) is 0 Å². The first-order chi connectivity index (χ1) is 9.24. The van der Waals surface area contributed by atoms with Crippen LogP contribution in [-0.2, 0) is 11.3 Å². The number of methoxy groups -OCH3 is 1. The standard InChI is InChI=1S/C13H12ClN3O2/c1-19-7-9-3-2-4-10(5-9)17-13-11(6-18)12(14)15-8-16-13/h2-6,8H,7H2,1H3,(H,15,16,17). The number of ether oxygens (including phenoxy) is 1. The number of aldehydes is 1.